The van der Waals surface area contributed by atoms with E-state index in [4.69, 9.17) is 15.6 Å². The lowest BCUT2D eigenvalue weighted by Gasteiger charge is -2.23. The van der Waals surface area contributed by atoms with Gasteiger partial charge in [0.05, 0.1) is 12.6 Å². The summed E-state index contributed by atoms with van der Waals surface area (Å²) in [5, 5.41) is 8.92. The highest BCUT2D eigenvalue weighted by Gasteiger charge is 2.15. The molecule has 94 valence electrons. The van der Waals surface area contributed by atoms with Crippen LogP contribution in [0.15, 0.2) is 24.3 Å². The van der Waals surface area contributed by atoms with Gasteiger partial charge in [-0.05, 0) is 19.1 Å². The van der Waals surface area contributed by atoms with Crippen molar-refractivity contribution in [1.29, 1.82) is 0 Å². The number of aliphatic hydroxyl groups is 1. The number of nitrogen functional groups attached to an aromatic ring is 1. The molecule has 1 amide bonds. The number of hydrogen-bond acceptors (Lipinski definition) is 4. The number of ether oxygens (including phenoxy) is 1. The Morgan fingerprint density at radius 1 is 1.59 bits per heavy atom. The first kappa shape index (κ1) is 13.3. The standard InChI is InChI=1S/C12H18N2O3/c1-9(7-15)14(2)12(16)8-17-11-5-3-4-10(13)6-11/h3-6,9,15H,7-8,13H2,1-2H3. The number of nitrogens with two attached hydrogens (primary N) is 1. The quantitative estimate of drug-likeness (QED) is 0.732. The Hall–Kier alpha value is -1.75. The average Bonchev–Trinajstić information content (AvgIpc) is 2.34. The van der Waals surface area contributed by atoms with Crippen LogP contribution in [0.1, 0.15) is 6.92 Å². The normalized spacial score (nSPS) is 11.9. The molecule has 1 atom stereocenters. The van der Waals surface area contributed by atoms with Gasteiger partial charge in [-0.25, -0.2) is 0 Å². The number of aliphatic hydroxyl groups excluding tert-OH is 1. The second kappa shape index (κ2) is 6.10. The maximum absolute atomic E-state index is 11.7. The van der Waals surface area contributed by atoms with Crippen LogP contribution in [0.3, 0.4) is 0 Å². The van der Waals surface area contributed by atoms with Crippen molar-refractivity contribution < 1.29 is 14.6 Å². The number of carbonyl (C=O) groups excluding carboxylic acids is 1. The second-order valence-corrected chi connectivity index (χ2v) is 3.90. The molecular weight excluding hydrogens is 220 g/mol. The van der Waals surface area contributed by atoms with E-state index in [1.165, 1.54) is 4.90 Å². The molecule has 0 aromatic heterocycles. The van der Waals surface area contributed by atoms with Gasteiger partial charge >= 0.3 is 0 Å². The van der Waals surface area contributed by atoms with Crippen LogP contribution >= 0.6 is 0 Å². The van der Waals surface area contributed by atoms with Crippen molar-refractivity contribution in [3.8, 4) is 5.75 Å². The Labute approximate surface area is 101 Å². The Morgan fingerprint density at radius 2 is 2.29 bits per heavy atom. The lowest BCUT2D eigenvalue weighted by Crippen LogP contribution is -2.40. The molecule has 0 aliphatic carbocycles. The number of carbonyl (C=O) groups is 1. The van der Waals surface area contributed by atoms with Gasteiger partial charge in [0.15, 0.2) is 6.61 Å². The molecule has 1 aromatic carbocycles. The van der Waals surface area contributed by atoms with Crippen LogP contribution in [0, 0.1) is 0 Å². The van der Waals surface area contributed by atoms with Gasteiger partial charge in [-0.1, -0.05) is 6.07 Å². The van der Waals surface area contributed by atoms with E-state index in [0.29, 0.717) is 11.4 Å². The molecule has 5 nitrogen and oxygen atoms in total. The molecule has 1 unspecified atom stereocenters. The first-order valence-electron chi connectivity index (χ1n) is 5.39. The van der Waals surface area contributed by atoms with Crippen LogP contribution in [-0.4, -0.2) is 42.2 Å². The highest BCUT2D eigenvalue weighted by molar-refractivity contribution is 5.77. The second-order valence-electron chi connectivity index (χ2n) is 3.90. The lowest BCUT2D eigenvalue weighted by molar-refractivity contribution is -0.134. The average molecular weight is 238 g/mol. The summed E-state index contributed by atoms with van der Waals surface area (Å²) in [5.41, 5.74) is 6.18. The summed E-state index contributed by atoms with van der Waals surface area (Å²) in [7, 11) is 1.63. The predicted molar refractivity (Wildman–Crippen MR) is 65.7 cm³/mol. The zero-order valence-electron chi connectivity index (χ0n) is 10.1. The Bertz CT molecular complexity index is 382. The van der Waals surface area contributed by atoms with E-state index < -0.39 is 0 Å². The van der Waals surface area contributed by atoms with Crippen molar-refractivity contribution in [3.05, 3.63) is 24.3 Å². The van der Waals surface area contributed by atoms with Gasteiger partial charge in [0.25, 0.3) is 5.91 Å². The fourth-order valence-electron chi connectivity index (χ4n) is 1.22. The molecule has 0 bridgehead atoms. The molecule has 0 aliphatic rings. The topological polar surface area (TPSA) is 75.8 Å². The molecule has 0 heterocycles. The summed E-state index contributed by atoms with van der Waals surface area (Å²) in [6.07, 6.45) is 0. The van der Waals surface area contributed by atoms with Crippen molar-refractivity contribution in [2.75, 3.05) is 26.0 Å². The van der Waals surface area contributed by atoms with Gasteiger partial charge in [-0.2, -0.15) is 0 Å². The molecular formula is C12H18N2O3. The molecule has 17 heavy (non-hydrogen) atoms. The molecule has 3 N–H and O–H groups in total. The summed E-state index contributed by atoms with van der Waals surface area (Å²) in [5.74, 6) is 0.373. The Morgan fingerprint density at radius 3 is 2.88 bits per heavy atom. The molecule has 0 spiro atoms. The molecule has 5 heteroatoms. The first-order chi connectivity index (χ1) is 8.04. The van der Waals surface area contributed by atoms with E-state index in [2.05, 4.69) is 0 Å². The number of anilines is 1. The highest BCUT2D eigenvalue weighted by atomic mass is 16.5. The van der Waals surface area contributed by atoms with E-state index in [9.17, 15) is 4.79 Å². The van der Waals surface area contributed by atoms with E-state index in [-0.39, 0.29) is 25.2 Å². The van der Waals surface area contributed by atoms with Crippen LogP contribution in [-0.2, 0) is 4.79 Å². The number of rotatable bonds is 5. The fourth-order valence-corrected chi connectivity index (χ4v) is 1.22. The van der Waals surface area contributed by atoms with E-state index in [1.54, 1.807) is 38.2 Å². The minimum Gasteiger partial charge on any atom is -0.484 e. The summed E-state index contributed by atoms with van der Waals surface area (Å²) < 4.78 is 5.31. The van der Waals surface area contributed by atoms with Gasteiger partial charge in [-0.3, -0.25) is 4.79 Å². The number of amides is 1. The van der Waals surface area contributed by atoms with E-state index in [1.807, 2.05) is 0 Å². The van der Waals surface area contributed by atoms with Crippen LogP contribution in [0.2, 0.25) is 0 Å². The van der Waals surface area contributed by atoms with Crippen molar-refractivity contribution in [1.82, 2.24) is 4.90 Å². The van der Waals surface area contributed by atoms with Crippen molar-refractivity contribution in [3.63, 3.8) is 0 Å². The number of nitrogens with zero attached hydrogens (tertiary/aromatic N) is 1. The third-order valence-electron chi connectivity index (χ3n) is 2.54. The minimum atomic E-state index is -0.216. The number of benzene rings is 1. The van der Waals surface area contributed by atoms with E-state index >= 15 is 0 Å². The van der Waals surface area contributed by atoms with Gasteiger partial charge in [0.2, 0.25) is 0 Å². The summed E-state index contributed by atoms with van der Waals surface area (Å²) in [6, 6.07) is 6.68. The number of likely N-dealkylation sites (N-methyl/N-ethyl adjacent to an activating group) is 1. The van der Waals surface area contributed by atoms with Gasteiger partial charge < -0.3 is 20.5 Å². The van der Waals surface area contributed by atoms with Crippen LogP contribution in [0.4, 0.5) is 5.69 Å². The molecule has 1 rings (SSSR count). The van der Waals surface area contributed by atoms with Crippen molar-refractivity contribution in [2.24, 2.45) is 0 Å². The fraction of sp³-hybridized carbons (Fsp3) is 0.417. The van der Waals surface area contributed by atoms with Gasteiger partial charge in [0, 0.05) is 18.8 Å². The summed E-state index contributed by atoms with van der Waals surface area (Å²) in [4.78, 5) is 13.1. The van der Waals surface area contributed by atoms with Crippen LogP contribution < -0.4 is 10.5 Å². The molecule has 0 radical (unpaired) electrons. The maximum atomic E-state index is 11.7. The van der Waals surface area contributed by atoms with Crippen molar-refractivity contribution >= 4 is 11.6 Å². The van der Waals surface area contributed by atoms with Crippen molar-refractivity contribution in [2.45, 2.75) is 13.0 Å². The monoisotopic (exact) mass is 238 g/mol. The zero-order valence-corrected chi connectivity index (χ0v) is 10.1. The lowest BCUT2D eigenvalue weighted by atomic mass is 10.3. The van der Waals surface area contributed by atoms with E-state index in [0.717, 1.165) is 0 Å². The van der Waals surface area contributed by atoms with Gasteiger partial charge in [0.1, 0.15) is 5.75 Å². The summed E-state index contributed by atoms with van der Waals surface area (Å²) in [6.45, 7) is 1.63. The minimum absolute atomic E-state index is 0.0652. The number of hydrogen-bond donors (Lipinski definition) is 2. The molecule has 0 fully saturated rings. The predicted octanol–water partition coefficient (Wildman–Crippen LogP) is 0.487. The maximum Gasteiger partial charge on any atom is 0.260 e. The highest BCUT2D eigenvalue weighted by Crippen LogP contribution is 2.14. The van der Waals surface area contributed by atoms with Gasteiger partial charge in [-0.15, -0.1) is 0 Å². The smallest absolute Gasteiger partial charge is 0.260 e. The molecule has 0 saturated carbocycles. The zero-order chi connectivity index (χ0) is 12.8. The molecule has 0 aliphatic heterocycles. The molecule has 0 saturated heterocycles. The Kier molecular flexibility index (Phi) is 4.78. The third kappa shape index (κ3) is 3.96. The third-order valence-corrected chi connectivity index (χ3v) is 2.54. The molecule has 1 aromatic rings. The SMILES string of the molecule is CC(CO)N(C)C(=O)COc1cccc(N)c1. The summed E-state index contributed by atoms with van der Waals surface area (Å²) >= 11 is 0. The Balaban J connectivity index is 2.48. The van der Waals surface area contributed by atoms with Crippen LogP contribution in [0.5, 0.6) is 5.75 Å². The first-order valence-corrected chi connectivity index (χ1v) is 5.39. The van der Waals surface area contributed by atoms with Crippen LogP contribution in [0.25, 0.3) is 0 Å². The largest absolute Gasteiger partial charge is 0.484 e.